The number of fused-ring (bicyclic) bond motifs is 1. The highest BCUT2D eigenvalue weighted by atomic mass is 16.1. The van der Waals surface area contributed by atoms with Crippen LogP contribution in [-0.4, -0.2) is 9.13 Å². The Morgan fingerprint density at radius 1 is 0.750 bits per heavy atom. The van der Waals surface area contributed by atoms with E-state index in [1.807, 2.05) is 48.5 Å². The van der Waals surface area contributed by atoms with E-state index in [9.17, 15) is 4.79 Å². The van der Waals surface area contributed by atoms with Gasteiger partial charge in [0, 0.05) is 18.0 Å². The molecule has 0 saturated carbocycles. The summed E-state index contributed by atoms with van der Waals surface area (Å²) in [6, 6.07) is 25.9. The lowest BCUT2D eigenvalue weighted by molar-refractivity contribution is 0.663. The zero-order valence-electron chi connectivity index (χ0n) is 13.5. The van der Waals surface area contributed by atoms with Gasteiger partial charge >= 0.3 is 0 Å². The van der Waals surface area contributed by atoms with Crippen LogP contribution in [0.4, 0.5) is 0 Å². The van der Waals surface area contributed by atoms with Crippen LogP contribution in [-0.2, 0) is 0 Å². The van der Waals surface area contributed by atoms with Crippen LogP contribution < -0.4 is 5.56 Å². The Hall–Kier alpha value is -3.07. The molecule has 2 aromatic heterocycles. The van der Waals surface area contributed by atoms with E-state index >= 15 is 0 Å². The third-order valence-electron chi connectivity index (χ3n) is 4.49. The van der Waals surface area contributed by atoms with Gasteiger partial charge in [0.1, 0.15) is 0 Å². The molecule has 3 nitrogen and oxygen atoms in total. The van der Waals surface area contributed by atoms with E-state index in [0.717, 1.165) is 16.7 Å². The summed E-state index contributed by atoms with van der Waals surface area (Å²) in [6.07, 6.45) is 2.06. The van der Waals surface area contributed by atoms with Gasteiger partial charge in [-0.05, 0) is 36.8 Å². The molecule has 118 valence electrons. The van der Waals surface area contributed by atoms with Crippen molar-refractivity contribution in [2.24, 2.45) is 0 Å². The molecular formula is C21H18N2O. The molecule has 0 aliphatic heterocycles. The second-order valence-corrected chi connectivity index (χ2v) is 5.92. The molecule has 0 bridgehead atoms. The molecule has 0 aliphatic carbocycles. The highest BCUT2D eigenvalue weighted by Gasteiger charge is 2.13. The fraction of sp³-hybridized carbons (Fsp3) is 0.0952. The largest absolute Gasteiger partial charge is 0.339 e. The average molecular weight is 314 g/mol. The van der Waals surface area contributed by atoms with Crippen LogP contribution in [0.25, 0.3) is 16.7 Å². The minimum Gasteiger partial charge on any atom is -0.339 e. The van der Waals surface area contributed by atoms with Crippen molar-refractivity contribution in [3.8, 4) is 5.69 Å². The maximum atomic E-state index is 12.4. The molecule has 4 aromatic rings. The van der Waals surface area contributed by atoms with Crippen LogP contribution in [0.1, 0.15) is 18.5 Å². The molecule has 0 aliphatic rings. The third-order valence-corrected chi connectivity index (χ3v) is 4.49. The molecule has 4 rings (SSSR count). The van der Waals surface area contributed by atoms with Crippen molar-refractivity contribution < 1.29 is 0 Å². The maximum Gasteiger partial charge on any atom is 0.255 e. The lowest BCUT2D eigenvalue weighted by Crippen LogP contribution is -2.17. The van der Waals surface area contributed by atoms with Gasteiger partial charge in [0.15, 0.2) is 0 Å². The summed E-state index contributed by atoms with van der Waals surface area (Å²) in [4.78, 5) is 12.4. The zero-order chi connectivity index (χ0) is 16.5. The molecular weight excluding hydrogens is 296 g/mol. The number of para-hydroxylation sites is 1. The van der Waals surface area contributed by atoms with Gasteiger partial charge in [-0.15, -0.1) is 0 Å². The van der Waals surface area contributed by atoms with Crippen molar-refractivity contribution in [3.63, 3.8) is 0 Å². The van der Waals surface area contributed by atoms with Crippen LogP contribution >= 0.6 is 0 Å². The molecule has 0 spiro atoms. The smallest absolute Gasteiger partial charge is 0.255 e. The zero-order valence-corrected chi connectivity index (χ0v) is 13.5. The number of rotatable bonds is 3. The second kappa shape index (κ2) is 5.85. The highest BCUT2D eigenvalue weighted by Crippen LogP contribution is 2.25. The number of pyridine rings is 1. The first-order valence-corrected chi connectivity index (χ1v) is 8.09. The Morgan fingerprint density at radius 2 is 1.42 bits per heavy atom. The molecule has 0 radical (unpaired) electrons. The quantitative estimate of drug-likeness (QED) is 0.550. The average Bonchev–Trinajstić information content (AvgIpc) is 3.06. The first-order chi connectivity index (χ1) is 11.8. The van der Waals surface area contributed by atoms with Crippen molar-refractivity contribution in [3.05, 3.63) is 101 Å². The van der Waals surface area contributed by atoms with E-state index in [1.165, 1.54) is 5.56 Å². The van der Waals surface area contributed by atoms with Gasteiger partial charge in [0.05, 0.1) is 17.1 Å². The molecule has 3 heteroatoms. The van der Waals surface area contributed by atoms with Crippen LogP contribution in [0.2, 0.25) is 0 Å². The van der Waals surface area contributed by atoms with E-state index in [-0.39, 0.29) is 11.6 Å². The molecule has 2 aromatic carbocycles. The number of benzene rings is 2. The van der Waals surface area contributed by atoms with Gasteiger partial charge < -0.3 is 4.57 Å². The van der Waals surface area contributed by atoms with Crippen molar-refractivity contribution in [1.82, 2.24) is 9.13 Å². The van der Waals surface area contributed by atoms with Gasteiger partial charge in [-0.3, -0.25) is 9.36 Å². The third kappa shape index (κ3) is 2.35. The van der Waals surface area contributed by atoms with E-state index in [1.54, 1.807) is 10.6 Å². The molecule has 0 N–H and O–H groups in total. The standard InChI is InChI=1S/C21H18N2O/c1-16(17-8-4-2-5-9-17)22-15-14-20-19(22)12-13-21(24)23(20)18-10-6-3-7-11-18/h2-16H,1H3. The Kier molecular flexibility index (Phi) is 3.54. The minimum absolute atomic E-state index is 0.0150. The van der Waals surface area contributed by atoms with E-state index < -0.39 is 0 Å². The molecule has 0 saturated heterocycles. The molecule has 0 amide bonds. The normalized spacial score (nSPS) is 12.4. The molecule has 1 atom stereocenters. The van der Waals surface area contributed by atoms with Gasteiger partial charge in [0.2, 0.25) is 0 Å². The fourth-order valence-corrected chi connectivity index (χ4v) is 3.23. The second-order valence-electron chi connectivity index (χ2n) is 5.92. The Morgan fingerprint density at radius 3 is 2.12 bits per heavy atom. The van der Waals surface area contributed by atoms with Crippen LogP contribution in [0.15, 0.2) is 89.9 Å². The monoisotopic (exact) mass is 314 g/mol. The van der Waals surface area contributed by atoms with Crippen molar-refractivity contribution >= 4 is 11.0 Å². The Bertz CT molecular complexity index is 1030. The van der Waals surface area contributed by atoms with Crippen LogP contribution in [0, 0.1) is 0 Å². The van der Waals surface area contributed by atoms with E-state index in [0.29, 0.717) is 0 Å². The first-order valence-electron chi connectivity index (χ1n) is 8.09. The molecule has 24 heavy (non-hydrogen) atoms. The predicted molar refractivity (Wildman–Crippen MR) is 97.8 cm³/mol. The van der Waals surface area contributed by atoms with Gasteiger partial charge in [0.25, 0.3) is 5.56 Å². The summed E-state index contributed by atoms with van der Waals surface area (Å²) >= 11 is 0. The maximum absolute atomic E-state index is 12.4. The summed E-state index contributed by atoms with van der Waals surface area (Å²) in [5.74, 6) is 0. The molecule has 0 fully saturated rings. The highest BCUT2D eigenvalue weighted by molar-refractivity contribution is 5.78. The summed E-state index contributed by atoms with van der Waals surface area (Å²) in [7, 11) is 0. The fourth-order valence-electron chi connectivity index (χ4n) is 3.23. The van der Waals surface area contributed by atoms with Gasteiger partial charge in [-0.1, -0.05) is 48.5 Å². The van der Waals surface area contributed by atoms with Crippen molar-refractivity contribution in [2.45, 2.75) is 13.0 Å². The van der Waals surface area contributed by atoms with Gasteiger partial charge in [-0.2, -0.15) is 0 Å². The topological polar surface area (TPSA) is 26.9 Å². The van der Waals surface area contributed by atoms with E-state index in [4.69, 9.17) is 0 Å². The van der Waals surface area contributed by atoms with E-state index in [2.05, 4.69) is 42.0 Å². The summed E-state index contributed by atoms with van der Waals surface area (Å²) < 4.78 is 3.98. The summed E-state index contributed by atoms with van der Waals surface area (Å²) in [5, 5.41) is 0. The number of hydrogen-bond acceptors (Lipinski definition) is 1. The van der Waals surface area contributed by atoms with Crippen LogP contribution in [0.3, 0.4) is 0 Å². The first kappa shape index (κ1) is 14.5. The lowest BCUT2D eigenvalue weighted by Gasteiger charge is -2.16. The van der Waals surface area contributed by atoms with Crippen LogP contribution in [0.5, 0.6) is 0 Å². The van der Waals surface area contributed by atoms with Crippen molar-refractivity contribution in [1.29, 1.82) is 0 Å². The number of hydrogen-bond donors (Lipinski definition) is 0. The Labute approximate surface area is 140 Å². The number of aromatic nitrogens is 2. The minimum atomic E-state index is -0.0150. The predicted octanol–water partition coefficient (Wildman–Crippen LogP) is 4.40. The lowest BCUT2D eigenvalue weighted by atomic mass is 10.1. The summed E-state index contributed by atoms with van der Waals surface area (Å²) in [6.45, 7) is 2.17. The molecule has 1 unspecified atom stereocenters. The number of nitrogens with zero attached hydrogens (tertiary/aromatic N) is 2. The SMILES string of the molecule is CC(c1ccccc1)n1ccc2c1ccc(=O)n2-c1ccccc1. The Balaban J connectivity index is 1.91. The molecule has 2 heterocycles. The van der Waals surface area contributed by atoms with Gasteiger partial charge in [-0.25, -0.2) is 0 Å². The van der Waals surface area contributed by atoms with Crippen molar-refractivity contribution in [2.75, 3.05) is 0 Å². The summed E-state index contributed by atoms with van der Waals surface area (Å²) in [5.41, 5.74) is 4.09.